The van der Waals surface area contributed by atoms with Crippen LogP contribution in [0.1, 0.15) is 35.4 Å². The summed E-state index contributed by atoms with van der Waals surface area (Å²) in [5.41, 5.74) is 4.91. The first kappa shape index (κ1) is 18.3. The van der Waals surface area contributed by atoms with Crippen LogP contribution in [-0.4, -0.2) is 33.2 Å². The molecule has 27 heavy (non-hydrogen) atoms. The molecular weight excluding hydrogens is 354 g/mol. The SMILES string of the molecule is Cc1ccc(-n2c(Cc3ccccc3)nnc2SCC2CCCO2)c(C)c1. The quantitative estimate of drug-likeness (QED) is 0.580. The summed E-state index contributed by atoms with van der Waals surface area (Å²) >= 11 is 1.75. The molecule has 5 heteroatoms. The zero-order valence-corrected chi connectivity index (χ0v) is 16.7. The van der Waals surface area contributed by atoms with Gasteiger partial charge in [-0.3, -0.25) is 4.57 Å². The van der Waals surface area contributed by atoms with Gasteiger partial charge in [-0.2, -0.15) is 0 Å². The van der Waals surface area contributed by atoms with Gasteiger partial charge in [-0.05, 0) is 43.9 Å². The van der Waals surface area contributed by atoms with Crippen LogP contribution in [0.5, 0.6) is 0 Å². The molecule has 1 aliphatic heterocycles. The van der Waals surface area contributed by atoms with E-state index in [4.69, 9.17) is 4.74 Å². The van der Waals surface area contributed by atoms with Gasteiger partial charge in [-0.25, -0.2) is 0 Å². The number of hydrogen-bond acceptors (Lipinski definition) is 4. The van der Waals surface area contributed by atoms with E-state index in [0.29, 0.717) is 6.10 Å². The van der Waals surface area contributed by atoms with Crippen molar-refractivity contribution in [1.29, 1.82) is 0 Å². The Bertz CT molecular complexity index is 901. The van der Waals surface area contributed by atoms with E-state index in [1.54, 1.807) is 11.8 Å². The standard InChI is InChI=1S/C22H25N3OS/c1-16-10-11-20(17(2)13-16)25-21(14-18-7-4-3-5-8-18)23-24-22(25)27-15-19-9-6-12-26-19/h3-5,7-8,10-11,13,19H,6,9,12,14-15H2,1-2H3. The van der Waals surface area contributed by atoms with Gasteiger partial charge in [-0.15, -0.1) is 10.2 Å². The Hall–Kier alpha value is -2.11. The van der Waals surface area contributed by atoms with Crippen LogP contribution in [0.3, 0.4) is 0 Å². The highest BCUT2D eigenvalue weighted by molar-refractivity contribution is 7.99. The summed E-state index contributed by atoms with van der Waals surface area (Å²) in [4.78, 5) is 0. The molecule has 3 aromatic rings. The van der Waals surface area contributed by atoms with Crippen LogP contribution in [0.2, 0.25) is 0 Å². The zero-order valence-electron chi connectivity index (χ0n) is 15.9. The van der Waals surface area contributed by atoms with Gasteiger partial charge in [0.25, 0.3) is 0 Å². The van der Waals surface area contributed by atoms with Gasteiger partial charge >= 0.3 is 0 Å². The molecule has 0 saturated carbocycles. The summed E-state index contributed by atoms with van der Waals surface area (Å²) in [7, 11) is 0. The predicted octanol–water partition coefficient (Wildman–Crippen LogP) is 4.75. The Morgan fingerprint density at radius 1 is 1.11 bits per heavy atom. The number of thioether (sulfide) groups is 1. The van der Waals surface area contributed by atoms with Crippen molar-refractivity contribution in [3.63, 3.8) is 0 Å². The zero-order chi connectivity index (χ0) is 18.6. The van der Waals surface area contributed by atoms with E-state index in [-0.39, 0.29) is 0 Å². The number of benzene rings is 2. The van der Waals surface area contributed by atoms with Crippen molar-refractivity contribution in [2.45, 2.75) is 44.4 Å². The van der Waals surface area contributed by atoms with Crippen molar-refractivity contribution >= 4 is 11.8 Å². The third-order valence-electron chi connectivity index (χ3n) is 4.92. The number of rotatable bonds is 6. The summed E-state index contributed by atoms with van der Waals surface area (Å²) in [6.45, 7) is 5.16. The lowest BCUT2D eigenvalue weighted by molar-refractivity contribution is 0.129. The van der Waals surface area contributed by atoms with Crippen LogP contribution in [0.15, 0.2) is 53.7 Å². The second kappa shape index (κ2) is 8.28. The van der Waals surface area contributed by atoms with Crippen molar-refractivity contribution < 1.29 is 4.74 Å². The molecule has 0 aliphatic carbocycles. The molecule has 0 radical (unpaired) electrons. The van der Waals surface area contributed by atoms with E-state index < -0.39 is 0 Å². The summed E-state index contributed by atoms with van der Waals surface area (Å²) in [6, 6.07) is 17.0. The fourth-order valence-electron chi connectivity index (χ4n) is 3.53. The van der Waals surface area contributed by atoms with Crippen LogP contribution in [-0.2, 0) is 11.2 Å². The van der Waals surface area contributed by atoms with Crippen LogP contribution >= 0.6 is 11.8 Å². The average Bonchev–Trinajstić information content (AvgIpc) is 3.31. The number of aromatic nitrogens is 3. The molecule has 4 rings (SSSR count). The van der Waals surface area contributed by atoms with Crippen molar-refractivity contribution in [3.05, 3.63) is 71.0 Å². The van der Waals surface area contributed by atoms with Gasteiger partial charge < -0.3 is 4.74 Å². The fourth-order valence-corrected chi connectivity index (χ4v) is 4.56. The normalized spacial score (nSPS) is 16.7. The van der Waals surface area contributed by atoms with E-state index in [9.17, 15) is 0 Å². The summed E-state index contributed by atoms with van der Waals surface area (Å²) in [6.07, 6.45) is 3.40. The van der Waals surface area contributed by atoms with Crippen LogP contribution in [0, 0.1) is 13.8 Å². The smallest absolute Gasteiger partial charge is 0.195 e. The fraction of sp³-hybridized carbons (Fsp3) is 0.364. The van der Waals surface area contributed by atoms with Crippen molar-refractivity contribution in [1.82, 2.24) is 14.8 Å². The lowest BCUT2D eigenvalue weighted by Crippen LogP contribution is -2.10. The van der Waals surface area contributed by atoms with Crippen LogP contribution in [0.25, 0.3) is 5.69 Å². The van der Waals surface area contributed by atoms with E-state index in [2.05, 4.69) is 71.1 Å². The second-order valence-electron chi connectivity index (χ2n) is 7.13. The van der Waals surface area contributed by atoms with Gasteiger partial charge in [0.05, 0.1) is 11.8 Å². The first-order chi connectivity index (χ1) is 13.2. The third-order valence-corrected chi connectivity index (χ3v) is 5.98. The molecule has 1 saturated heterocycles. The molecule has 1 aliphatic rings. The molecule has 0 spiro atoms. The Morgan fingerprint density at radius 2 is 1.96 bits per heavy atom. The topological polar surface area (TPSA) is 39.9 Å². The first-order valence-corrected chi connectivity index (χ1v) is 10.5. The molecule has 0 bridgehead atoms. The van der Waals surface area contributed by atoms with Gasteiger partial charge in [0.15, 0.2) is 5.16 Å². The maximum absolute atomic E-state index is 5.78. The van der Waals surface area contributed by atoms with Gasteiger partial charge in [0.2, 0.25) is 0 Å². The van der Waals surface area contributed by atoms with Crippen molar-refractivity contribution in [3.8, 4) is 5.69 Å². The number of ether oxygens (including phenoxy) is 1. The van der Waals surface area contributed by atoms with Crippen LogP contribution < -0.4 is 0 Å². The minimum absolute atomic E-state index is 0.330. The molecule has 2 aromatic carbocycles. The molecule has 1 aromatic heterocycles. The Morgan fingerprint density at radius 3 is 2.70 bits per heavy atom. The highest BCUT2D eigenvalue weighted by atomic mass is 32.2. The molecule has 0 amide bonds. The predicted molar refractivity (Wildman–Crippen MR) is 110 cm³/mol. The summed E-state index contributed by atoms with van der Waals surface area (Å²) in [5.74, 6) is 1.90. The lowest BCUT2D eigenvalue weighted by atomic mass is 10.1. The highest BCUT2D eigenvalue weighted by Crippen LogP contribution is 2.28. The van der Waals surface area contributed by atoms with E-state index in [0.717, 1.165) is 48.3 Å². The number of nitrogens with zero attached hydrogens (tertiary/aromatic N) is 3. The molecule has 1 fully saturated rings. The van der Waals surface area contributed by atoms with E-state index in [1.807, 2.05) is 6.07 Å². The second-order valence-corrected chi connectivity index (χ2v) is 8.12. The Labute approximate surface area is 165 Å². The molecule has 0 N–H and O–H groups in total. The van der Waals surface area contributed by atoms with E-state index in [1.165, 1.54) is 16.7 Å². The maximum atomic E-state index is 5.78. The highest BCUT2D eigenvalue weighted by Gasteiger charge is 2.20. The third kappa shape index (κ3) is 4.25. The molecule has 2 heterocycles. The molecule has 1 unspecified atom stereocenters. The molecular formula is C22H25N3OS. The first-order valence-electron chi connectivity index (χ1n) is 9.51. The molecule has 4 nitrogen and oxygen atoms in total. The summed E-state index contributed by atoms with van der Waals surface area (Å²) in [5, 5.41) is 10.0. The summed E-state index contributed by atoms with van der Waals surface area (Å²) < 4.78 is 8.01. The van der Waals surface area contributed by atoms with Gasteiger partial charge in [0, 0.05) is 18.8 Å². The monoisotopic (exact) mass is 379 g/mol. The number of aryl methyl sites for hydroxylation is 2. The maximum Gasteiger partial charge on any atom is 0.195 e. The molecule has 1 atom stereocenters. The number of hydrogen-bond donors (Lipinski definition) is 0. The van der Waals surface area contributed by atoms with Gasteiger partial charge in [0.1, 0.15) is 5.82 Å². The minimum atomic E-state index is 0.330. The Balaban J connectivity index is 1.68. The average molecular weight is 380 g/mol. The van der Waals surface area contributed by atoms with E-state index >= 15 is 0 Å². The van der Waals surface area contributed by atoms with Gasteiger partial charge in [-0.1, -0.05) is 59.8 Å². The van der Waals surface area contributed by atoms with Crippen molar-refractivity contribution in [2.24, 2.45) is 0 Å². The minimum Gasteiger partial charge on any atom is -0.377 e. The largest absolute Gasteiger partial charge is 0.377 e. The molecule has 140 valence electrons. The van der Waals surface area contributed by atoms with Crippen LogP contribution in [0.4, 0.5) is 0 Å². The Kier molecular flexibility index (Phi) is 5.60. The lowest BCUT2D eigenvalue weighted by Gasteiger charge is -2.14. The van der Waals surface area contributed by atoms with Crippen molar-refractivity contribution in [2.75, 3.05) is 12.4 Å².